The van der Waals surface area contributed by atoms with Crippen molar-refractivity contribution in [2.45, 2.75) is 6.10 Å². The van der Waals surface area contributed by atoms with Crippen molar-refractivity contribution in [2.75, 3.05) is 0 Å². The van der Waals surface area contributed by atoms with E-state index in [-0.39, 0.29) is 5.56 Å². The van der Waals surface area contributed by atoms with Crippen LogP contribution in [-0.4, -0.2) is 5.11 Å². The fourth-order valence-corrected chi connectivity index (χ4v) is 2.91. The van der Waals surface area contributed by atoms with Gasteiger partial charge in [0.25, 0.3) is 0 Å². The van der Waals surface area contributed by atoms with Gasteiger partial charge < -0.3 is 5.11 Å². The van der Waals surface area contributed by atoms with Crippen LogP contribution in [0.5, 0.6) is 0 Å². The predicted molar refractivity (Wildman–Crippen MR) is 67.5 cm³/mol. The lowest BCUT2D eigenvalue weighted by molar-refractivity contribution is 0.219. The summed E-state index contributed by atoms with van der Waals surface area (Å²) in [7, 11) is 0. The summed E-state index contributed by atoms with van der Waals surface area (Å²) in [6, 6.07) is 6.13. The van der Waals surface area contributed by atoms with Crippen molar-refractivity contribution >= 4 is 38.9 Å². The van der Waals surface area contributed by atoms with Crippen molar-refractivity contribution in [3.63, 3.8) is 0 Å². The normalized spacial score (nSPS) is 12.8. The Balaban J connectivity index is 2.45. The van der Waals surface area contributed by atoms with Crippen molar-refractivity contribution in [3.8, 4) is 0 Å². The number of benzene rings is 1. The van der Waals surface area contributed by atoms with Crippen LogP contribution >= 0.6 is 38.9 Å². The van der Waals surface area contributed by atoms with Crippen LogP contribution in [0.2, 0.25) is 5.02 Å². The topological polar surface area (TPSA) is 20.2 Å². The zero-order chi connectivity index (χ0) is 11.7. The molecule has 1 atom stereocenters. The number of thiophene rings is 1. The van der Waals surface area contributed by atoms with Crippen molar-refractivity contribution in [1.82, 2.24) is 0 Å². The Hall–Kier alpha value is -0.420. The molecule has 1 aromatic carbocycles. The molecule has 84 valence electrons. The van der Waals surface area contributed by atoms with Crippen LogP contribution in [0.3, 0.4) is 0 Å². The highest BCUT2D eigenvalue weighted by Crippen LogP contribution is 2.34. The summed E-state index contributed by atoms with van der Waals surface area (Å²) in [4.78, 5) is 0.554. The summed E-state index contributed by atoms with van der Waals surface area (Å²) < 4.78 is 14.2. The van der Waals surface area contributed by atoms with E-state index in [1.54, 1.807) is 23.6 Å². The molecule has 2 rings (SSSR count). The first-order chi connectivity index (χ1) is 7.59. The van der Waals surface area contributed by atoms with Crippen molar-refractivity contribution < 1.29 is 9.50 Å². The molecule has 5 heteroatoms. The second-order valence-corrected chi connectivity index (χ2v) is 5.47. The third-order valence-electron chi connectivity index (χ3n) is 2.15. The first kappa shape index (κ1) is 12.0. The fraction of sp³-hybridized carbons (Fsp3) is 0.0909. The Morgan fingerprint density at radius 3 is 2.75 bits per heavy atom. The highest BCUT2D eigenvalue weighted by atomic mass is 79.9. The van der Waals surface area contributed by atoms with E-state index in [1.807, 2.05) is 0 Å². The molecule has 0 aliphatic heterocycles. The molecule has 0 fully saturated rings. The largest absolute Gasteiger partial charge is 0.383 e. The number of rotatable bonds is 2. The first-order valence-electron chi connectivity index (χ1n) is 4.45. The van der Waals surface area contributed by atoms with Gasteiger partial charge in [0.05, 0.1) is 9.90 Å². The second-order valence-electron chi connectivity index (χ2n) is 3.20. The summed E-state index contributed by atoms with van der Waals surface area (Å²) in [5.41, 5.74) is 0.221. The summed E-state index contributed by atoms with van der Waals surface area (Å²) in [5, 5.41) is 12.2. The third-order valence-corrected chi connectivity index (χ3v) is 4.05. The van der Waals surface area contributed by atoms with Gasteiger partial charge in [-0.05, 0) is 29.6 Å². The smallest absolute Gasteiger partial charge is 0.129 e. The standard InChI is InChI=1S/C11H7BrClFOS/c12-6-1-2-9(14)7(5-6)10(15)11-8(13)3-4-16-11/h1-5,10,15H. The highest BCUT2D eigenvalue weighted by molar-refractivity contribution is 9.10. The van der Waals surface area contributed by atoms with Gasteiger partial charge in [0.1, 0.15) is 11.9 Å². The lowest BCUT2D eigenvalue weighted by atomic mass is 10.1. The van der Waals surface area contributed by atoms with E-state index >= 15 is 0 Å². The maximum atomic E-state index is 13.5. The van der Waals surface area contributed by atoms with Gasteiger partial charge in [-0.3, -0.25) is 0 Å². The molecule has 0 spiro atoms. The average molecular weight is 322 g/mol. The molecule has 1 unspecified atom stereocenters. The molecule has 0 aliphatic rings. The van der Waals surface area contributed by atoms with Crippen LogP contribution in [0, 0.1) is 5.82 Å². The summed E-state index contributed by atoms with van der Waals surface area (Å²) >= 11 is 10.4. The third kappa shape index (κ3) is 2.30. The van der Waals surface area contributed by atoms with E-state index in [4.69, 9.17) is 11.6 Å². The molecule has 1 nitrogen and oxygen atoms in total. The van der Waals surface area contributed by atoms with Crippen molar-refractivity contribution in [3.05, 3.63) is 55.4 Å². The predicted octanol–water partition coefficient (Wildman–Crippen LogP) is 4.38. The molecule has 0 bridgehead atoms. The molecule has 1 heterocycles. The molecule has 0 radical (unpaired) electrons. The van der Waals surface area contributed by atoms with Crippen LogP contribution in [0.15, 0.2) is 34.1 Å². The van der Waals surface area contributed by atoms with Crippen LogP contribution in [0.25, 0.3) is 0 Å². The van der Waals surface area contributed by atoms with E-state index in [0.717, 1.165) is 4.47 Å². The molecule has 0 aliphatic carbocycles. The van der Waals surface area contributed by atoms with Gasteiger partial charge in [-0.25, -0.2) is 4.39 Å². The minimum atomic E-state index is -1.02. The van der Waals surface area contributed by atoms with Gasteiger partial charge in [-0.15, -0.1) is 11.3 Å². The van der Waals surface area contributed by atoms with E-state index in [9.17, 15) is 9.50 Å². The Bertz CT molecular complexity index is 514. The minimum Gasteiger partial charge on any atom is -0.383 e. The molecule has 0 amide bonds. The molecule has 1 N–H and O–H groups in total. The van der Waals surface area contributed by atoms with Gasteiger partial charge in [0, 0.05) is 10.0 Å². The minimum absolute atomic E-state index is 0.221. The van der Waals surface area contributed by atoms with Crippen LogP contribution < -0.4 is 0 Å². The summed E-state index contributed by atoms with van der Waals surface area (Å²) in [6.45, 7) is 0. The number of aliphatic hydroxyl groups excluding tert-OH is 1. The maximum absolute atomic E-state index is 13.5. The lowest BCUT2D eigenvalue weighted by Crippen LogP contribution is -2.01. The van der Waals surface area contributed by atoms with Gasteiger partial charge in [0.2, 0.25) is 0 Å². The van der Waals surface area contributed by atoms with E-state index in [2.05, 4.69) is 15.9 Å². The van der Waals surface area contributed by atoms with Crippen molar-refractivity contribution in [2.24, 2.45) is 0 Å². The van der Waals surface area contributed by atoms with Gasteiger partial charge in [0.15, 0.2) is 0 Å². The molecule has 0 saturated heterocycles. The zero-order valence-electron chi connectivity index (χ0n) is 7.95. The molecular weight excluding hydrogens is 315 g/mol. The van der Waals surface area contributed by atoms with Gasteiger partial charge >= 0.3 is 0 Å². The van der Waals surface area contributed by atoms with E-state index in [1.165, 1.54) is 17.4 Å². The SMILES string of the molecule is OC(c1cc(Br)ccc1F)c1sccc1Cl. The number of hydrogen-bond donors (Lipinski definition) is 1. The molecule has 1 aromatic heterocycles. The zero-order valence-corrected chi connectivity index (χ0v) is 11.1. The fourth-order valence-electron chi connectivity index (χ4n) is 1.37. The second kappa shape index (κ2) is 4.84. The Morgan fingerprint density at radius 2 is 2.12 bits per heavy atom. The molecule has 16 heavy (non-hydrogen) atoms. The molecular formula is C11H7BrClFOS. The van der Waals surface area contributed by atoms with Crippen LogP contribution in [0.4, 0.5) is 4.39 Å². The van der Waals surface area contributed by atoms with Gasteiger partial charge in [-0.1, -0.05) is 27.5 Å². The number of aliphatic hydroxyl groups is 1. The Morgan fingerprint density at radius 1 is 1.38 bits per heavy atom. The number of halogens is 3. The van der Waals surface area contributed by atoms with E-state index in [0.29, 0.717) is 9.90 Å². The first-order valence-corrected chi connectivity index (χ1v) is 6.50. The highest BCUT2D eigenvalue weighted by Gasteiger charge is 2.19. The average Bonchev–Trinajstić information content (AvgIpc) is 2.67. The molecule has 0 saturated carbocycles. The summed E-state index contributed by atoms with van der Waals surface area (Å²) in [6.07, 6.45) is -1.02. The molecule has 2 aromatic rings. The Labute approximate surface area is 110 Å². The quantitative estimate of drug-likeness (QED) is 0.870. The number of hydrogen-bond acceptors (Lipinski definition) is 2. The lowest BCUT2D eigenvalue weighted by Gasteiger charge is -2.11. The van der Waals surface area contributed by atoms with Crippen LogP contribution in [0.1, 0.15) is 16.5 Å². The van der Waals surface area contributed by atoms with Crippen molar-refractivity contribution in [1.29, 1.82) is 0 Å². The Kier molecular flexibility index (Phi) is 3.64. The van der Waals surface area contributed by atoms with Gasteiger partial charge in [-0.2, -0.15) is 0 Å². The maximum Gasteiger partial charge on any atom is 0.129 e. The monoisotopic (exact) mass is 320 g/mol. The van der Waals surface area contributed by atoms with Crippen LogP contribution in [-0.2, 0) is 0 Å². The van der Waals surface area contributed by atoms with E-state index < -0.39 is 11.9 Å². The summed E-state index contributed by atoms with van der Waals surface area (Å²) in [5.74, 6) is -0.444.